The summed E-state index contributed by atoms with van der Waals surface area (Å²) in [7, 11) is 0. The molecule has 8 nitrogen and oxygen atoms in total. The van der Waals surface area contributed by atoms with Crippen molar-refractivity contribution in [2.45, 2.75) is 195 Å². The Labute approximate surface area is 309 Å². The third kappa shape index (κ3) is 36.6. The first-order chi connectivity index (χ1) is 24.3. The maximum Gasteiger partial charge on any atom is 0.305 e. The summed E-state index contributed by atoms with van der Waals surface area (Å²) >= 11 is 0. The molecule has 0 radical (unpaired) electrons. The van der Waals surface area contributed by atoms with Crippen LogP contribution in [0, 0.1) is 11.8 Å². The number of unbranched alkanes of at least 4 members (excludes halogenated alkanes) is 14. The molecule has 0 aromatic heterocycles. The largest absolute Gasteiger partial charge is 0.466 e. The van der Waals surface area contributed by atoms with Gasteiger partial charge in [-0.1, -0.05) is 125 Å². The fourth-order valence-electron chi connectivity index (χ4n) is 6.01. The molecule has 0 saturated carbocycles. The van der Waals surface area contributed by atoms with E-state index in [1.165, 1.54) is 57.8 Å². The smallest absolute Gasteiger partial charge is 0.305 e. The third-order valence-electron chi connectivity index (χ3n) is 9.21. The van der Waals surface area contributed by atoms with E-state index >= 15 is 0 Å². The predicted molar refractivity (Wildman–Crippen MR) is 207 cm³/mol. The van der Waals surface area contributed by atoms with Gasteiger partial charge in [0, 0.05) is 39.0 Å². The molecule has 0 aromatic rings. The van der Waals surface area contributed by atoms with Crippen LogP contribution in [0.2, 0.25) is 0 Å². The minimum absolute atomic E-state index is 0.0724. The quantitative estimate of drug-likeness (QED) is 0.0382. The number of aliphatic hydroxyl groups is 1. The van der Waals surface area contributed by atoms with Gasteiger partial charge >= 0.3 is 11.9 Å². The SMILES string of the molecule is CCCCCCCCCCCOC(=O)CCCCCN(CCO)CCCCCC(=O)OCCC(OCCCCC(C)C)OCCCCC(C)C. The molecule has 1 N–H and O–H groups in total. The van der Waals surface area contributed by atoms with E-state index in [0.29, 0.717) is 64.1 Å². The summed E-state index contributed by atoms with van der Waals surface area (Å²) in [4.78, 5) is 26.7. The molecular formula is C42H83NO7. The average molecular weight is 714 g/mol. The van der Waals surface area contributed by atoms with Crippen molar-refractivity contribution in [2.24, 2.45) is 11.8 Å². The lowest BCUT2D eigenvalue weighted by Gasteiger charge is -2.21. The zero-order chi connectivity index (χ0) is 36.9. The molecule has 0 bridgehead atoms. The van der Waals surface area contributed by atoms with Gasteiger partial charge in [-0.15, -0.1) is 0 Å². The number of esters is 2. The Balaban J connectivity index is 3.98. The number of carbonyl (C=O) groups excluding carboxylic acids is 2. The Kier molecular flexibility index (Phi) is 36.6. The third-order valence-corrected chi connectivity index (χ3v) is 9.21. The molecular weight excluding hydrogens is 630 g/mol. The molecule has 298 valence electrons. The Hall–Kier alpha value is -1.22. The zero-order valence-electron chi connectivity index (χ0n) is 33.7. The summed E-state index contributed by atoms with van der Waals surface area (Å²) in [6.07, 6.45) is 24.9. The van der Waals surface area contributed by atoms with E-state index in [1.54, 1.807) is 0 Å². The monoisotopic (exact) mass is 714 g/mol. The van der Waals surface area contributed by atoms with Crippen LogP contribution in [0.25, 0.3) is 0 Å². The second kappa shape index (κ2) is 37.5. The van der Waals surface area contributed by atoms with Crippen LogP contribution in [0.4, 0.5) is 0 Å². The number of carbonyl (C=O) groups is 2. The summed E-state index contributed by atoms with van der Waals surface area (Å²) in [5.74, 6) is 1.19. The molecule has 0 aliphatic heterocycles. The van der Waals surface area contributed by atoms with Gasteiger partial charge < -0.3 is 29.0 Å². The molecule has 0 heterocycles. The van der Waals surface area contributed by atoms with Gasteiger partial charge in [-0.3, -0.25) is 9.59 Å². The van der Waals surface area contributed by atoms with Gasteiger partial charge in [0.05, 0.1) is 19.8 Å². The molecule has 0 atom stereocenters. The van der Waals surface area contributed by atoms with Crippen LogP contribution in [-0.4, -0.2) is 80.9 Å². The van der Waals surface area contributed by atoms with Crippen LogP contribution in [0.15, 0.2) is 0 Å². The second-order valence-electron chi connectivity index (χ2n) is 15.2. The number of hydrogen-bond donors (Lipinski definition) is 1. The lowest BCUT2D eigenvalue weighted by atomic mass is 10.1. The van der Waals surface area contributed by atoms with Crippen LogP contribution in [-0.2, 0) is 28.5 Å². The van der Waals surface area contributed by atoms with Crippen molar-refractivity contribution >= 4 is 11.9 Å². The fourth-order valence-corrected chi connectivity index (χ4v) is 6.01. The van der Waals surface area contributed by atoms with E-state index < -0.39 is 0 Å². The molecule has 0 unspecified atom stereocenters. The normalized spacial score (nSPS) is 11.8. The minimum Gasteiger partial charge on any atom is -0.466 e. The van der Waals surface area contributed by atoms with Crippen LogP contribution in [0.5, 0.6) is 0 Å². The van der Waals surface area contributed by atoms with E-state index in [1.807, 2.05) is 0 Å². The highest BCUT2D eigenvalue weighted by Gasteiger charge is 2.13. The van der Waals surface area contributed by atoms with Gasteiger partial charge in [0.25, 0.3) is 0 Å². The molecule has 0 fully saturated rings. The van der Waals surface area contributed by atoms with Crippen molar-refractivity contribution in [3.63, 3.8) is 0 Å². The fraction of sp³-hybridized carbons (Fsp3) is 0.952. The van der Waals surface area contributed by atoms with Crippen LogP contribution < -0.4 is 0 Å². The van der Waals surface area contributed by atoms with Gasteiger partial charge in [0.1, 0.15) is 0 Å². The van der Waals surface area contributed by atoms with Gasteiger partial charge in [0.2, 0.25) is 0 Å². The molecule has 8 heteroatoms. The van der Waals surface area contributed by atoms with E-state index in [2.05, 4.69) is 39.5 Å². The number of nitrogens with zero attached hydrogens (tertiary/aromatic N) is 1. The lowest BCUT2D eigenvalue weighted by Crippen LogP contribution is -2.29. The van der Waals surface area contributed by atoms with Crippen molar-refractivity contribution in [1.29, 1.82) is 0 Å². The predicted octanol–water partition coefficient (Wildman–Crippen LogP) is 10.4. The van der Waals surface area contributed by atoms with Gasteiger partial charge in [0.15, 0.2) is 6.29 Å². The number of ether oxygens (including phenoxy) is 4. The van der Waals surface area contributed by atoms with E-state index in [-0.39, 0.29) is 24.8 Å². The topological polar surface area (TPSA) is 94.5 Å². The van der Waals surface area contributed by atoms with Crippen molar-refractivity contribution in [3.05, 3.63) is 0 Å². The summed E-state index contributed by atoms with van der Waals surface area (Å²) < 4.78 is 23.0. The van der Waals surface area contributed by atoms with Crippen LogP contribution in [0.1, 0.15) is 189 Å². The second-order valence-corrected chi connectivity index (χ2v) is 15.2. The van der Waals surface area contributed by atoms with E-state index in [4.69, 9.17) is 18.9 Å². The standard InChI is InChI=1S/C42H83NO7/c1-6-7-8-9-10-11-12-13-22-34-47-40(45)27-16-14-20-30-43(32-33-44)31-21-15-17-28-41(46)48-37-29-42(49-35-23-18-25-38(2)3)50-36-24-19-26-39(4)5/h38-39,42,44H,6-37H2,1-5H3. The molecule has 0 aliphatic rings. The highest BCUT2D eigenvalue weighted by molar-refractivity contribution is 5.69. The number of rotatable bonds is 39. The van der Waals surface area contributed by atoms with Crippen molar-refractivity contribution in [2.75, 3.05) is 52.7 Å². The Morgan fingerprint density at radius 2 is 0.940 bits per heavy atom. The summed E-state index contributed by atoms with van der Waals surface area (Å²) in [6, 6.07) is 0. The van der Waals surface area contributed by atoms with Gasteiger partial charge in [-0.25, -0.2) is 0 Å². The highest BCUT2D eigenvalue weighted by atomic mass is 16.7. The summed E-state index contributed by atoms with van der Waals surface area (Å²) in [6.45, 7) is 16.1. The van der Waals surface area contributed by atoms with E-state index in [0.717, 1.165) is 90.1 Å². The zero-order valence-corrected chi connectivity index (χ0v) is 33.7. The Morgan fingerprint density at radius 3 is 1.42 bits per heavy atom. The van der Waals surface area contributed by atoms with Crippen LogP contribution >= 0.6 is 0 Å². The minimum atomic E-state index is -0.318. The van der Waals surface area contributed by atoms with Gasteiger partial charge in [-0.05, 0) is 69.9 Å². The first kappa shape index (κ1) is 48.8. The Morgan fingerprint density at radius 1 is 0.500 bits per heavy atom. The van der Waals surface area contributed by atoms with Crippen molar-refractivity contribution < 1.29 is 33.6 Å². The van der Waals surface area contributed by atoms with Crippen LogP contribution in [0.3, 0.4) is 0 Å². The highest BCUT2D eigenvalue weighted by Crippen LogP contribution is 2.13. The van der Waals surface area contributed by atoms with Gasteiger partial charge in [-0.2, -0.15) is 0 Å². The molecule has 0 rings (SSSR count). The number of hydrogen-bond acceptors (Lipinski definition) is 8. The molecule has 0 aromatic carbocycles. The first-order valence-electron chi connectivity index (χ1n) is 21.2. The molecule has 0 spiro atoms. The maximum atomic E-state index is 12.4. The summed E-state index contributed by atoms with van der Waals surface area (Å²) in [5, 5.41) is 9.50. The average Bonchev–Trinajstić information content (AvgIpc) is 3.07. The lowest BCUT2D eigenvalue weighted by molar-refractivity contribution is -0.162. The summed E-state index contributed by atoms with van der Waals surface area (Å²) in [5.41, 5.74) is 0. The number of aliphatic hydroxyl groups excluding tert-OH is 1. The molecule has 0 aliphatic carbocycles. The Bertz CT molecular complexity index is 715. The molecule has 0 saturated heterocycles. The maximum absolute atomic E-state index is 12.4. The van der Waals surface area contributed by atoms with Crippen molar-refractivity contribution in [3.8, 4) is 0 Å². The van der Waals surface area contributed by atoms with E-state index in [9.17, 15) is 14.7 Å². The first-order valence-corrected chi connectivity index (χ1v) is 21.2. The molecule has 0 amide bonds. The van der Waals surface area contributed by atoms with Crippen molar-refractivity contribution in [1.82, 2.24) is 4.90 Å². The molecule has 50 heavy (non-hydrogen) atoms.